The smallest absolute Gasteiger partial charge is 0.221 e. The Labute approximate surface area is 100 Å². The summed E-state index contributed by atoms with van der Waals surface area (Å²) < 4.78 is 18.7. The van der Waals surface area contributed by atoms with E-state index in [0.717, 1.165) is 0 Å². The number of hydrogen-bond acceptors (Lipinski definition) is 2. The molecule has 0 bridgehead atoms. The van der Waals surface area contributed by atoms with Crippen LogP contribution in [0.25, 0.3) is 5.76 Å². The van der Waals surface area contributed by atoms with Gasteiger partial charge in [-0.3, -0.25) is 4.79 Å². The van der Waals surface area contributed by atoms with Crippen molar-refractivity contribution in [3.63, 3.8) is 0 Å². The average molecular weight is 237 g/mol. The third-order valence-electron chi connectivity index (χ3n) is 2.23. The van der Waals surface area contributed by atoms with E-state index in [1.54, 1.807) is 13.0 Å². The molecule has 0 radical (unpaired) electrons. The van der Waals surface area contributed by atoms with Gasteiger partial charge >= 0.3 is 0 Å². The number of anilines is 1. The normalized spacial score (nSPS) is 9.88. The Balaban J connectivity index is 3.20. The van der Waals surface area contributed by atoms with E-state index in [9.17, 15) is 9.18 Å². The highest BCUT2D eigenvalue weighted by atomic mass is 19.1. The van der Waals surface area contributed by atoms with E-state index in [-0.39, 0.29) is 11.7 Å². The second-order valence-corrected chi connectivity index (χ2v) is 3.68. The molecule has 0 aliphatic carbocycles. The van der Waals surface area contributed by atoms with Crippen molar-refractivity contribution in [2.45, 2.75) is 20.8 Å². The molecule has 0 atom stereocenters. The van der Waals surface area contributed by atoms with E-state index in [1.165, 1.54) is 13.0 Å². The number of aryl methyl sites for hydroxylation is 1. The second kappa shape index (κ2) is 5.48. The SMILES string of the molecule is C=C(OCC)c1cc(C)c(F)cc1NC(C)=O. The first-order valence-electron chi connectivity index (χ1n) is 5.35. The van der Waals surface area contributed by atoms with Crippen LogP contribution in [0, 0.1) is 12.7 Å². The van der Waals surface area contributed by atoms with E-state index in [4.69, 9.17) is 4.74 Å². The number of benzene rings is 1. The van der Waals surface area contributed by atoms with Gasteiger partial charge in [0.25, 0.3) is 0 Å². The van der Waals surface area contributed by atoms with Gasteiger partial charge in [0.15, 0.2) is 0 Å². The fourth-order valence-corrected chi connectivity index (χ4v) is 1.46. The molecule has 0 heterocycles. The zero-order valence-electron chi connectivity index (χ0n) is 10.3. The van der Waals surface area contributed by atoms with Crippen LogP contribution in [0.1, 0.15) is 25.0 Å². The number of carbonyl (C=O) groups is 1. The number of carbonyl (C=O) groups excluding carboxylic acids is 1. The first-order valence-corrected chi connectivity index (χ1v) is 5.35. The van der Waals surface area contributed by atoms with Crippen molar-refractivity contribution in [1.82, 2.24) is 0 Å². The topological polar surface area (TPSA) is 38.3 Å². The van der Waals surface area contributed by atoms with Crippen molar-refractivity contribution < 1.29 is 13.9 Å². The van der Waals surface area contributed by atoms with Crippen molar-refractivity contribution in [3.05, 3.63) is 35.7 Å². The lowest BCUT2D eigenvalue weighted by atomic mass is 10.1. The molecule has 1 aromatic carbocycles. The summed E-state index contributed by atoms with van der Waals surface area (Å²) in [5.74, 6) is -0.222. The number of halogens is 1. The Morgan fingerprint density at radius 3 is 2.71 bits per heavy atom. The fraction of sp³-hybridized carbons (Fsp3) is 0.308. The molecule has 1 amide bonds. The number of hydrogen-bond donors (Lipinski definition) is 1. The summed E-state index contributed by atoms with van der Waals surface area (Å²) in [6, 6.07) is 2.88. The molecule has 0 aliphatic rings. The predicted octanol–water partition coefficient (Wildman–Crippen LogP) is 3.10. The number of ether oxygens (including phenoxy) is 1. The molecule has 0 fully saturated rings. The molecule has 17 heavy (non-hydrogen) atoms. The summed E-state index contributed by atoms with van der Waals surface area (Å²) in [7, 11) is 0. The Kier molecular flexibility index (Phi) is 4.26. The monoisotopic (exact) mass is 237 g/mol. The van der Waals surface area contributed by atoms with Crippen molar-refractivity contribution in [2.24, 2.45) is 0 Å². The third kappa shape index (κ3) is 3.31. The van der Waals surface area contributed by atoms with Crippen LogP contribution >= 0.6 is 0 Å². The molecule has 1 N–H and O–H groups in total. The maximum absolute atomic E-state index is 13.4. The quantitative estimate of drug-likeness (QED) is 0.817. The predicted molar refractivity (Wildman–Crippen MR) is 66.1 cm³/mol. The van der Waals surface area contributed by atoms with Crippen molar-refractivity contribution in [3.8, 4) is 0 Å². The first-order chi connectivity index (χ1) is 7.95. The number of nitrogens with one attached hydrogen (secondary N) is 1. The van der Waals surface area contributed by atoms with Gasteiger partial charge < -0.3 is 10.1 Å². The van der Waals surface area contributed by atoms with Crippen LogP contribution in [-0.4, -0.2) is 12.5 Å². The molecule has 1 aromatic rings. The minimum Gasteiger partial charge on any atom is -0.494 e. The van der Waals surface area contributed by atoms with Crippen LogP contribution < -0.4 is 5.32 Å². The van der Waals surface area contributed by atoms with Gasteiger partial charge in [0.05, 0.1) is 12.3 Å². The summed E-state index contributed by atoms with van der Waals surface area (Å²) in [6.45, 7) is 9.07. The maximum atomic E-state index is 13.4. The van der Waals surface area contributed by atoms with Crippen molar-refractivity contribution >= 4 is 17.4 Å². The highest BCUT2D eigenvalue weighted by Gasteiger charge is 2.12. The highest BCUT2D eigenvalue weighted by molar-refractivity contribution is 5.92. The largest absolute Gasteiger partial charge is 0.494 e. The van der Waals surface area contributed by atoms with Crippen LogP contribution in [0.2, 0.25) is 0 Å². The third-order valence-corrected chi connectivity index (χ3v) is 2.23. The molecule has 4 heteroatoms. The molecular formula is C13H16FNO2. The lowest BCUT2D eigenvalue weighted by Crippen LogP contribution is -2.09. The van der Waals surface area contributed by atoms with Gasteiger partial charge in [-0.2, -0.15) is 0 Å². The minimum absolute atomic E-state index is 0.265. The summed E-state index contributed by atoms with van der Waals surface area (Å²) in [4.78, 5) is 11.0. The van der Waals surface area contributed by atoms with Crippen molar-refractivity contribution in [1.29, 1.82) is 0 Å². The summed E-state index contributed by atoms with van der Waals surface area (Å²) >= 11 is 0. The summed E-state index contributed by atoms with van der Waals surface area (Å²) in [6.07, 6.45) is 0. The molecule has 0 unspecified atom stereocenters. The van der Waals surface area contributed by atoms with Crippen LogP contribution in [0.5, 0.6) is 0 Å². The second-order valence-electron chi connectivity index (χ2n) is 3.68. The van der Waals surface area contributed by atoms with E-state index < -0.39 is 0 Å². The molecule has 92 valence electrons. The van der Waals surface area contributed by atoms with Crippen LogP contribution in [0.4, 0.5) is 10.1 Å². The van der Waals surface area contributed by atoms with Gasteiger partial charge in [-0.05, 0) is 31.5 Å². The van der Waals surface area contributed by atoms with E-state index in [1.807, 2.05) is 6.92 Å². The molecule has 0 aromatic heterocycles. The molecule has 0 saturated carbocycles. The molecule has 3 nitrogen and oxygen atoms in total. The average Bonchev–Trinajstić information content (AvgIpc) is 2.22. The molecule has 1 rings (SSSR count). The Bertz CT molecular complexity index is 455. The lowest BCUT2D eigenvalue weighted by Gasteiger charge is -2.14. The van der Waals surface area contributed by atoms with Crippen molar-refractivity contribution in [2.75, 3.05) is 11.9 Å². The van der Waals surface area contributed by atoms with Gasteiger partial charge in [0.2, 0.25) is 5.91 Å². The Hall–Kier alpha value is -1.84. The van der Waals surface area contributed by atoms with Gasteiger partial charge in [0, 0.05) is 12.5 Å². The van der Waals surface area contributed by atoms with Crippen LogP contribution in [0.15, 0.2) is 18.7 Å². The fourth-order valence-electron chi connectivity index (χ4n) is 1.46. The zero-order chi connectivity index (χ0) is 13.0. The summed E-state index contributed by atoms with van der Waals surface area (Å²) in [5.41, 5.74) is 1.45. The first kappa shape index (κ1) is 13.2. The summed E-state index contributed by atoms with van der Waals surface area (Å²) in [5, 5.41) is 2.56. The van der Waals surface area contributed by atoms with Crippen LogP contribution in [-0.2, 0) is 9.53 Å². The maximum Gasteiger partial charge on any atom is 0.221 e. The standard InChI is InChI=1S/C13H16FNO2/c1-5-17-9(3)11-6-8(2)12(14)7-13(11)15-10(4)16/h6-7H,3,5H2,1-2,4H3,(H,15,16). The Morgan fingerprint density at radius 1 is 1.53 bits per heavy atom. The van der Waals surface area contributed by atoms with E-state index in [2.05, 4.69) is 11.9 Å². The highest BCUT2D eigenvalue weighted by Crippen LogP contribution is 2.26. The zero-order valence-corrected chi connectivity index (χ0v) is 10.3. The Morgan fingerprint density at radius 2 is 2.18 bits per heavy atom. The van der Waals surface area contributed by atoms with Crippen LogP contribution in [0.3, 0.4) is 0 Å². The van der Waals surface area contributed by atoms with E-state index >= 15 is 0 Å². The van der Waals surface area contributed by atoms with E-state index in [0.29, 0.717) is 29.2 Å². The number of amides is 1. The molecule has 0 aliphatic heterocycles. The molecular weight excluding hydrogens is 221 g/mol. The van der Waals surface area contributed by atoms with Gasteiger partial charge in [-0.1, -0.05) is 6.58 Å². The molecule has 0 saturated heterocycles. The van der Waals surface area contributed by atoms with Gasteiger partial charge in [0.1, 0.15) is 11.6 Å². The number of rotatable bonds is 4. The molecule has 0 spiro atoms. The van der Waals surface area contributed by atoms with Gasteiger partial charge in [-0.25, -0.2) is 4.39 Å². The lowest BCUT2D eigenvalue weighted by molar-refractivity contribution is -0.114. The van der Waals surface area contributed by atoms with Gasteiger partial charge in [-0.15, -0.1) is 0 Å². The minimum atomic E-state index is -0.373.